The van der Waals surface area contributed by atoms with E-state index in [4.69, 9.17) is 0 Å². The van der Waals surface area contributed by atoms with Crippen molar-refractivity contribution < 1.29 is 4.79 Å². The Morgan fingerprint density at radius 3 is 2.39 bits per heavy atom. The number of rotatable bonds is 3. The summed E-state index contributed by atoms with van der Waals surface area (Å²) < 4.78 is 0. The highest BCUT2D eigenvalue weighted by atomic mass is 16.2. The zero-order chi connectivity index (χ0) is 19.5. The third kappa shape index (κ3) is 3.79. The number of benzene rings is 2. The third-order valence-corrected chi connectivity index (χ3v) is 5.35. The lowest BCUT2D eigenvalue weighted by atomic mass is 10.0. The van der Waals surface area contributed by atoms with E-state index in [2.05, 4.69) is 65.4 Å². The standard InChI is InChI=1S/C23H26N4O/c1-17(2)18-8-10-20(11-9-18)25-23(28)27-15-13-26(14-16-27)21-7-3-5-19-6-4-12-24-22(19)21/h3-12,17H,13-16H2,1-2H3,(H,25,28). The fourth-order valence-corrected chi connectivity index (χ4v) is 3.65. The van der Waals surface area contributed by atoms with Crippen LogP contribution in [0.25, 0.3) is 10.9 Å². The SMILES string of the molecule is CC(C)c1ccc(NC(=O)N2CCN(c3cccc4cccnc34)CC2)cc1. The highest BCUT2D eigenvalue weighted by Gasteiger charge is 2.22. The van der Waals surface area contributed by atoms with Crippen LogP contribution < -0.4 is 10.2 Å². The predicted octanol–water partition coefficient (Wildman–Crippen LogP) is 4.71. The van der Waals surface area contributed by atoms with Crippen molar-refractivity contribution in [3.05, 3.63) is 66.4 Å². The molecule has 0 atom stereocenters. The van der Waals surface area contributed by atoms with E-state index < -0.39 is 0 Å². The number of hydrogen-bond donors (Lipinski definition) is 1. The van der Waals surface area contributed by atoms with E-state index in [9.17, 15) is 4.79 Å². The van der Waals surface area contributed by atoms with E-state index in [1.807, 2.05) is 29.3 Å². The average molecular weight is 374 g/mol. The lowest BCUT2D eigenvalue weighted by Crippen LogP contribution is -2.50. The molecule has 2 aromatic carbocycles. The van der Waals surface area contributed by atoms with Gasteiger partial charge in [0.2, 0.25) is 0 Å². The Labute approximate surface area is 166 Å². The molecule has 0 saturated carbocycles. The molecule has 0 unspecified atom stereocenters. The minimum absolute atomic E-state index is 0.0343. The molecule has 1 aliphatic rings. The van der Waals surface area contributed by atoms with Crippen molar-refractivity contribution in [3.63, 3.8) is 0 Å². The Bertz CT molecular complexity index is 955. The van der Waals surface area contributed by atoms with Crippen molar-refractivity contribution >= 4 is 28.3 Å². The highest BCUT2D eigenvalue weighted by Crippen LogP contribution is 2.26. The van der Waals surface area contributed by atoms with E-state index >= 15 is 0 Å². The van der Waals surface area contributed by atoms with Gasteiger partial charge in [-0.15, -0.1) is 0 Å². The lowest BCUT2D eigenvalue weighted by Gasteiger charge is -2.36. The number of aromatic nitrogens is 1. The Morgan fingerprint density at radius 1 is 0.964 bits per heavy atom. The number of piperazine rings is 1. The van der Waals surface area contributed by atoms with Gasteiger partial charge in [0.15, 0.2) is 0 Å². The second-order valence-electron chi connectivity index (χ2n) is 7.53. The molecule has 0 bridgehead atoms. The number of carbonyl (C=O) groups is 1. The van der Waals surface area contributed by atoms with E-state index in [1.165, 1.54) is 5.56 Å². The predicted molar refractivity (Wildman–Crippen MR) is 115 cm³/mol. The molecule has 5 heteroatoms. The highest BCUT2D eigenvalue weighted by molar-refractivity contribution is 5.91. The normalized spacial score (nSPS) is 14.5. The van der Waals surface area contributed by atoms with E-state index in [0.717, 1.165) is 35.4 Å². The number of carbonyl (C=O) groups excluding carboxylic acids is 1. The molecule has 1 aliphatic heterocycles. The fraction of sp³-hybridized carbons (Fsp3) is 0.304. The maximum Gasteiger partial charge on any atom is 0.321 e. The van der Waals surface area contributed by atoms with Crippen molar-refractivity contribution in [3.8, 4) is 0 Å². The number of nitrogens with one attached hydrogen (secondary N) is 1. The van der Waals surface area contributed by atoms with Gasteiger partial charge >= 0.3 is 6.03 Å². The van der Waals surface area contributed by atoms with Gasteiger partial charge in [-0.2, -0.15) is 0 Å². The van der Waals surface area contributed by atoms with Crippen molar-refractivity contribution in [2.24, 2.45) is 0 Å². The molecule has 4 rings (SSSR count). The molecule has 1 fully saturated rings. The summed E-state index contributed by atoms with van der Waals surface area (Å²) in [6.07, 6.45) is 1.83. The monoisotopic (exact) mass is 374 g/mol. The van der Waals surface area contributed by atoms with Gasteiger partial charge in [0.05, 0.1) is 11.2 Å². The summed E-state index contributed by atoms with van der Waals surface area (Å²) in [5, 5.41) is 4.16. The third-order valence-electron chi connectivity index (χ3n) is 5.35. The Kier molecular flexibility index (Phi) is 5.15. The number of pyridine rings is 1. The van der Waals surface area contributed by atoms with Crippen molar-refractivity contribution in [2.45, 2.75) is 19.8 Å². The summed E-state index contributed by atoms with van der Waals surface area (Å²) in [5.41, 5.74) is 4.28. The van der Waals surface area contributed by atoms with Gasteiger partial charge in [0, 0.05) is 43.4 Å². The number of amides is 2. The van der Waals surface area contributed by atoms with Crippen LogP contribution in [-0.2, 0) is 0 Å². The molecule has 0 spiro atoms. The van der Waals surface area contributed by atoms with Crippen LogP contribution in [0, 0.1) is 0 Å². The van der Waals surface area contributed by atoms with E-state index in [-0.39, 0.29) is 6.03 Å². The first-order valence-corrected chi connectivity index (χ1v) is 9.86. The van der Waals surface area contributed by atoms with Gasteiger partial charge in [-0.05, 0) is 35.7 Å². The summed E-state index contributed by atoms with van der Waals surface area (Å²) in [7, 11) is 0. The van der Waals surface area contributed by atoms with E-state index in [0.29, 0.717) is 19.0 Å². The van der Waals surface area contributed by atoms with Crippen LogP contribution in [0.2, 0.25) is 0 Å². The molecule has 2 amide bonds. The van der Waals surface area contributed by atoms with E-state index in [1.54, 1.807) is 0 Å². The van der Waals surface area contributed by atoms with Crippen LogP contribution >= 0.6 is 0 Å². The number of anilines is 2. The van der Waals surface area contributed by atoms with Crippen LogP contribution in [0.3, 0.4) is 0 Å². The Morgan fingerprint density at radius 2 is 1.68 bits per heavy atom. The number of nitrogens with zero attached hydrogens (tertiary/aromatic N) is 3. The topological polar surface area (TPSA) is 48.5 Å². The Hall–Kier alpha value is -3.08. The molecule has 3 aromatic rings. The first-order chi connectivity index (χ1) is 13.6. The number of fused-ring (bicyclic) bond motifs is 1. The summed E-state index contributed by atoms with van der Waals surface area (Å²) in [4.78, 5) is 21.4. The van der Waals surface area contributed by atoms with Crippen molar-refractivity contribution in [2.75, 3.05) is 36.4 Å². The van der Waals surface area contributed by atoms with Gasteiger partial charge in [-0.25, -0.2) is 4.79 Å². The smallest absolute Gasteiger partial charge is 0.321 e. The second kappa shape index (κ2) is 7.89. The summed E-state index contributed by atoms with van der Waals surface area (Å²) in [6.45, 7) is 7.32. The van der Waals surface area contributed by atoms with Gasteiger partial charge in [0.25, 0.3) is 0 Å². The quantitative estimate of drug-likeness (QED) is 0.722. The minimum atomic E-state index is -0.0343. The molecule has 144 valence electrons. The zero-order valence-electron chi connectivity index (χ0n) is 16.4. The molecule has 0 aliphatic carbocycles. The van der Waals surface area contributed by atoms with Gasteiger partial charge in [-0.3, -0.25) is 4.98 Å². The first kappa shape index (κ1) is 18.3. The molecule has 2 heterocycles. The molecule has 5 nitrogen and oxygen atoms in total. The second-order valence-corrected chi connectivity index (χ2v) is 7.53. The van der Waals surface area contributed by atoms with Crippen LogP contribution in [0.5, 0.6) is 0 Å². The molecular weight excluding hydrogens is 348 g/mol. The van der Waals surface area contributed by atoms with Crippen LogP contribution in [-0.4, -0.2) is 42.1 Å². The van der Waals surface area contributed by atoms with Gasteiger partial charge < -0.3 is 15.1 Å². The molecular formula is C23H26N4O. The number of hydrogen-bond acceptors (Lipinski definition) is 3. The van der Waals surface area contributed by atoms with Crippen LogP contribution in [0.1, 0.15) is 25.3 Å². The molecule has 1 saturated heterocycles. The largest absolute Gasteiger partial charge is 0.366 e. The molecule has 1 N–H and O–H groups in total. The first-order valence-electron chi connectivity index (χ1n) is 9.86. The summed E-state index contributed by atoms with van der Waals surface area (Å²) >= 11 is 0. The zero-order valence-corrected chi connectivity index (χ0v) is 16.4. The minimum Gasteiger partial charge on any atom is -0.366 e. The molecule has 1 aromatic heterocycles. The summed E-state index contributed by atoms with van der Waals surface area (Å²) in [6, 6.07) is 18.4. The fourth-order valence-electron chi connectivity index (χ4n) is 3.65. The maximum absolute atomic E-state index is 12.6. The van der Waals surface area contributed by atoms with Crippen LogP contribution in [0.15, 0.2) is 60.8 Å². The number of para-hydroxylation sites is 1. The van der Waals surface area contributed by atoms with Gasteiger partial charge in [-0.1, -0.05) is 44.2 Å². The average Bonchev–Trinajstić information content (AvgIpc) is 2.74. The lowest BCUT2D eigenvalue weighted by molar-refractivity contribution is 0.208. The summed E-state index contributed by atoms with van der Waals surface area (Å²) in [5.74, 6) is 0.487. The molecule has 28 heavy (non-hydrogen) atoms. The molecule has 0 radical (unpaired) electrons. The Balaban J connectivity index is 1.39. The maximum atomic E-state index is 12.6. The van der Waals surface area contributed by atoms with Crippen molar-refractivity contribution in [1.29, 1.82) is 0 Å². The number of urea groups is 1. The van der Waals surface area contributed by atoms with Crippen molar-refractivity contribution in [1.82, 2.24) is 9.88 Å². The van der Waals surface area contributed by atoms with Crippen LogP contribution in [0.4, 0.5) is 16.2 Å². The van der Waals surface area contributed by atoms with Gasteiger partial charge in [0.1, 0.15) is 0 Å².